The fourth-order valence-electron chi connectivity index (χ4n) is 2.50. The van der Waals surface area contributed by atoms with Gasteiger partial charge in [0.25, 0.3) is 0 Å². The van der Waals surface area contributed by atoms with Gasteiger partial charge in [0.05, 0.1) is 27.5 Å². The van der Waals surface area contributed by atoms with E-state index in [-0.39, 0.29) is 47.2 Å². The smallest absolute Gasteiger partial charge is 0.312 e. The molecule has 1 fully saturated rings. The van der Waals surface area contributed by atoms with Gasteiger partial charge < -0.3 is 9.47 Å². The Kier molecular flexibility index (Phi) is 5.75. The molecule has 2 aromatic carbocycles. The van der Waals surface area contributed by atoms with Gasteiger partial charge in [-0.15, -0.1) is 0 Å². The Bertz CT molecular complexity index is 979. The van der Waals surface area contributed by atoms with Crippen LogP contribution in [0.15, 0.2) is 45.8 Å². The van der Waals surface area contributed by atoms with Crippen molar-refractivity contribution in [2.24, 2.45) is 0 Å². The van der Waals surface area contributed by atoms with Gasteiger partial charge >= 0.3 is 5.69 Å². The lowest BCUT2D eigenvalue weighted by Crippen LogP contribution is -2.40. The lowest BCUT2D eigenvalue weighted by molar-refractivity contribution is -0.385. The monoisotopic (exact) mass is 460 g/mol. The van der Waals surface area contributed by atoms with Crippen LogP contribution in [-0.4, -0.2) is 43.9 Å². The highest BCUT2D eigenvalue weighted by atomic mass is 79.9. The summed E-state index contributed by atoms with van der Waals surface area (Å²) in [6.45, 7) is 0.885. The van der Waals surface area contributed by atoms with Gasteiger partial charge in [-0.25, -0.2) is 12.8 Å². The van der Waals surface area contributed by atoms with Crippen molar-refractivity contribution in [3.63, 3.8) is 0 Å². The van der Waals surface area contributed by atoms with Crippen molar-refractivity contribution < 1.29 is 27.2 Å². The summed E-state index contributed by atoms with van der Waals surface area (Å²) >= 11 is 3.12. The number of hydrogen-bond donors (Lipinski definition) is 0. The molecule has 8 nitrogen and oxygen atoms in total. The number of nitro groups is 1. The van der Waals surface area contributed by atoms with Gasteiger partial charge in [-0.2, -0.15) is 4.31 Å². The Balaban J connectivity index is 1.96. The zero-order valence-electron chi connectivity index (χ0n) is 13.8. The van der Waals surface area contributed by atoms with Crippen LogP contribution in [0.3, 0.4) is 0 Å². The van der Waals surface area contributed by atoms with Crippen molar-refractivity contribution in [3.8, 4) is 11.5 Å². The van der Waals surface area contributed by atoms with Crippen LogP contribution < -0.4 is 4.74 Å². The second kappa shape index (κ2) is 7.89. The number of morpholine rings is 1. The molecular formula is C16H14BrFN2O6S. The molecule has 0 saturated carbocycles. The number of hydrogen-bond acceptors (Lipinski definition) is 6. The molecule has 1 aliphatic heterocycles. The summed E-state index contributed by atoms with van der Waals surface area (Å²) in [7, 11) is -3.89. The largest absolute Gasteiger partial charge is 0.449 e. The number of ether oxygens (including phenoxy) is 2. The van der Waals surface area contributed by atoms with Crippen molar-refractivity contribution in [2.75, 3.05) is 26.3 Å². The van der Waals surface area contributed by atoms with Crippen LogP contribution >= 0.6 is 15.9 Å². The summed E-state index contributed by atoms with van der Waals surface area (Å²) in [6, 6.07) is 7.01. The van der Waals surface area contributed by atoms with Crippen LogP contribution in [0.4, 0.5) is 10.1 Å². The second-order valence-corrected chi connectivity index (χ2v) is 8.37. The van der Waals surface area contributed by atoms with Crippen LogP contribution in [0, 0.1) is 15.9 Å². The van der Waals surface area contributed by atoms with Crippen LogP contribution in [0.1, 0.15) is 0 Å². The SMILES string of the molecule is O=[N+]([O-])c1cc(S(=O)(=O)N2CCOCC2)ccc1Oc1ccc(F)cc1Br. The maximum absolute atomic E-state index is 13.2. The van der Waals surface area contributed by atoms with E-state index in [1.54, 1.807) is 0 Å². The Labute approximate surface area is 162 Å². The fraction of sp³-hybridized carbons (Fsp3) is 0.250. The molecule has 144 valence electrons. The van der Waals surface area contributed by atoms with E-state index < -0.39 is 26.5 Å². The summed E-state index contributed by atoms with van der Waals surface area (Å²) in [5, 5.41) is 11.4. The molecule has 2 aromatic rings. The van der Waals surface area contributed by atoms with Gasteiger partial charge in [0.2, 0.25) is 15.8 Å². The summed E-state index contributed by atoms with van der Waals surface area (Å²) < 4.78 is 50.6. The fourth-order valence-corrected chi connectivity index (χ4v) is 4.36. The molecule has 0 aromatic heterocycles. The number of nitrogens with zero attached hydrogens (tertiary/aromatic N) is 2. The first kappa shape index (κ1) is 19.7. The lowest BCUT2D eigenvalue weighted by atomic mass is 10.3. The molecule has 0 aliphatic carbocycles. The third kappa shape index (κ3) is 4.26. The van der Waals surface area contributed by atoms with Crippen molar-refractivity contribution in [1.82, 2.24) is 4.31 Å². The van der Waals surface area contributed by atoms with E-state index in [0.717, 1.165) is 18.2 Å². The van der Waals surface area contributed by atoms with Gasteiger partial charge in [0.1, 0.15) is 11.6 Å². The second-order valence-electron chi connectivity index (χ2n) is 5.58. The van der Waals surface area contributed by atoms with Crippen LogP contribution in [0.2, 0.25) is 0 Å². The van der Waals surface area contributed by atoms with Crippen LogP contribution in [0.25, 0.3) is 0 Å². The maximum atomic E-state index is 13.2. The number of benzene rings is 2. The first-order valence-electron chi connectivity index (χ1n) is 7.78. The third-order valence-electron chi connectivity index (χ3n) is 3.85. The van der Waals surface area contributed by atoms with Crippen molar-refractivity contribution >= 4 is 31.6 Å². The highest BCUT2D eigenvalue weighted by Gasteiger charge is 2.29. The Morgan fingerprint density at radius 3 is 2.44 bits per heavy atom. The van der Waals surface area contributed by atoms with Gasteiger partial charge in [0, 0.05) is 19.2 Å². The van der Waals surface area contributed by atoms with Crippen molar-refractivity contribution in [2.45, 2.75) is 4.90 Å². The lowest BCUT2D eigenvalue weighted by Gasteiger charge is -2.26. The Morgan fingerprint density at radius 2 is 1.81 bits per heavy atom. The zero-order chi connectivity index (χ0) is 19.6. The zero-order valence-corrected chi connectivity index (χ0v) is 16.2. The minimum Gasteiger partial charge on any atom is -0.449 e. The van der Waals surface area contributed by atoms with E-state index in [2.05, 4.69) is 15.9 Å². The molecule has 0 unspecified atom stereocenters. The Morgan fingerprint density at radius 1 is 1.15 bits per heavy atom. The molecule has 1 heterocycles. The summed E-state index contributed by atoms with van der Waals surface area (Å²) in [5.74, 6) is -0.507. The minimum atomic E-state index is -3.89. The first-order chi connectivity index (χ1) is 12.8. The number of halogens is 2. The van der Waals surface area contributed by atoms with Gasteiger partial charge in [0.15, 0.2) is 0 Å². The molecule has 0 amide bonds. The Hall–Kier alpha value is -2.08. The molecule has 0 spiro atoms. The highest BCUT2D eigenvalue weighted by molar-refractivity contribution is 9.10. The van der Waals surface area contributed by atoms with Gasteiger partial charge in [-0.1, -0.05) is 0 Å². The molecule has 0 bridgehead atoms. The molecular weight excluding hydrogens is 447 g/mol. The molecule has 11 heteroatoms. The summed E-state index contributed by atoms with van der Waals surface area (Å²) in [6.07, 6.45) is 0. The average molecular weight is 461 g/mol. The predicted molar refractivity (Wildman–Crippen MR) is 96.8 cm³/mol. The molecule has 3 rings (SSSR count). The normalized spacial score (nSPS) is 15.5. The van der Waals surface area contributed by atoms with Crippen LogP contribution in [0.5, 0.6) is 11.5 Å². The molecule has 0 radical (unpaired) electrons. The topological polar surface area (TPSA) is 99.0 Å². The predicted octanol–water partition coefficient (Wildman–Crippen LogP) is 3.31. The highest BCUT2D eigenvalue weighted by Crippen LogP contribution is 2.37. The maximum Gasteiger partial charge on any atom is 0.312 e. The van der Waals surface area contributed by atoms with E-state index in [1.165, 1.54) is 22.5 Å². The molecule has 0 N–H and O–H groups in total. The standard InChI is InChI=1S/C16H14BrFN2O6S/c17-13-9-11(18)1-3-15(13)26-16-4-2-12(10-14(16)20(21)22)27(23,24)19-5-7-25-8-6-19/h1-4,9-10H,5-8H2. The van der Waals surface area contributed by atoms with Gasteiger partial charge in [-0.3, -0.25) is 10.1 Å². The van der Waals surface area contributed by atoms with Gasteiger partial charge in [-0.05, 0) is 46.3 Å². The van der Waals surface area contributed by atoms with E-state index >= 15 is 0 Å². The van der Waals surface area contributed by atoms with E-state index in [1.807, 2.05) is 0 Å². The van der Waals surface area contributed by atoms with E-state index in [0.29, 0.717) is 0 Å². The molecule has 0 atom stereocenters. The molecule has 1 aliphatic rings. The average Bonchev–Trinajstić information content (AvgIpc) is 2.64. The summed E-state index contributed by atoms with van der Waals surface area (Å²) in [4.78, 5) is 10.5. The van der Waals surface area contributed by atoms with Crippen molar-refractivity contribution in [1.29, 1.82) is 0 Å². The molecule has 27 heavy (non-hydrogen) atoms. The minimum absolute atomic E-state index is 0.156. The van der Waals surface area contributed by atoms with Crippen molar-refractivity contribution in [3.05, 3.63) is 56.8 Å². The first-order valence-corrected chi connectivity index (χ1v) is 10.0. The number of rotatable bonds is 5. The third-order valence-corrected chi connectivity index (χ3v) is 6.36. The summed E-state index contributed by atoms with van der Waals surface area (Å²) in [5.41, 5.74) is -0.513. The van der Waals surface area contributed by atoms with Crippen LogP contribution in [-0.2, 0) is 14.8 Å². The number of nitro benzene ring substituents is 1. The quantitative estimate of drug-likeness (QED) is 0.501. The molecule has 1 saturated heterocycles. The van der Waals surface area contributed by atoms with E-state index in [4.69, 9.17) is 9.47 Å². The number of sulfonamides is 1. The van der Waals surface area contributed by atoms with E-state index in [9.17, 15) is 22.9 Å².